The van der Waals surface area contributed by atoms with Crippen LogP contribution in [0.25, 0.3) is 0 Å². The van der Waals surface area contributed by atoms with Crippen molar-refractivity contribution in [1.29, 1.82) is 0 Å². The molecule has 4 heteroatoms. The molecule has 1 heterocycles. The van der Waals surface area contributed by atoms with Crippen LogP contribution in [0.4, 0.5) is 0 Å². The minimum absolute atomic E-state index is 0.0810. The fourth-order valence-corrected chi connectivity index (χ4v) is 0.657. The first-order valence-electron chi connectivity index (χ1n) is 2.86. The molecular weight excluding hydrogens is 148 g/mol. The number of hydrogen-bond acceptors (Lipinski definition) is 4. The van der Waals surface area contributed by atoms with E-state index >= 15 is 0 Å². The van der Waals surface area contributed by atoms with Crippen LogP contribution in [0.15, 0.2) is 24.0 Å². The van der Waals surface area contributed by atoms with Crippen LogP contribution in [0.2, 0.25) is 0 Å². The highest BCUT2D eigenvalue weighted by Gasteiger charge is 2.26. The van der Waals surface area contributed by atoms with E-state index in [1.54, 1.807) is 0 Å². The third-order valence-electron chi connectivity index (χ3n) is 1.22. The number of rotatable bonds is 2. The van der Waals surface area contributed by atoms with Crippen molar-refractivity contribution < 1.29 is 19.1 Å². The smallest absolute Gasteiger partial charge is 0.350 e. The first-order valence-corrected chi connectivity index (χ1v) is 2.86. The van der Waals surface area contributed by atoms with Gasteiger partial charge in [0.2, 0.25) is 0 Å². The summed E-state index contributed by atoms with van der Waals surface area (Å²) < 4.78 is 8.82. The summed E-state index contributed by atoms with van der Waals surface area (Å²) in [6, 6.07) is 0. The summed E-state index contributed by atoms with van der Waals surface area (Å²) >= 11 is 0. The number of carbonyl (C=O) groups excluding carboxylic acids is 2. The first kappa shape index (κ1) is 7.53. The monoisotopic (exact) mass is 154 g/mol. The number of ether oxygens (including phenoxy) is 2. The number of carbonyl (C=O) groups is 2. The fourth-order valence-electron chi connectivity index (χ4n) is 0.657. The SMILES string of the molecule is C=C(OC)C1=CC(=O)OC1=O. The standard InChI is InChI=1S/C7H6O4/c1-4(10-2)5-3-6(8)11-7(5)9/h3H,1H2,2H3. The molecule has 0 unspecified atom stereocenters. The maximum absolute atomic E-state index is 10.7. The van der Waals surface area contributed by atoms with E-state index in [2.05, 4.69) is 16.1 Å². The molecule has 1 aliphatic rings. The lowest BCUT2D eigenvalue weighted by Crippen LogP contribution is -2.03. The highest BCUT2D eigenvalue weighted by atomic mass is 16.6. The van der Waals surface area contributed by atoms with Crippen molar-refractivity contribution in [2.75, 3.05) is 7.11 Å². The molecule has 11 heavy (non-hydrogen) atoms. The molecule has 0 atom stereocenters. The summed E-state index contributed by atoms with van der Waals surface area (Å²) in [4.78, 5) is 21.2. The minimum Gasteiger partial charge on any atom is -0.496 e. The number of esters is 2. The van der Waals surface area contributed by atoms with Gasteiger partial charge in [-0.3, -0.25) is 0 Å². The molecule has 1 rings (SSSR count). The van der Waals surface area contributed by atoms with Crippen LogP contribution < -0.4 is 0 Å². The van der Waals surface area contributed by atoms with E-state index in [-0.39, 0.29) is 11.3 Å². The van der Waals surface area contributed by atoms with E-state index in [0.717, 1.165) is 6.08 Å². The molecule has 0 saturated carbocycles. The molecule has 0 amide bonds. The molecule has 0 N–H and O–H groups in total. The van der Waals surface area contributed by atoms with Gasteiger partial charge in [-0.2, -0.15) is 0 Å². The van der Waals surface area contributed by atoms with Gasteiger partial charge >= 0.3 is 11.9 Å². The number of methoxy groups -OCH3 is 1. The van der Waals surface area contributed by atoms with Crippen LogP contribution >= 0.6 is 0 Å². The second-order valence-electron chi connectivity index (χ2n) is 1.89. The lowest BCUT2D eigenvalue weighted by Gasteiger charge is -1.99. The van der Waals surface area contributed by atoms with Gasteiger partial charge < -0.3 is 9.47 Å². The average Bonchev–Trinajstić information content (AvgIpc) is 2.28. The first-order chi connectivity index (χ1) is 5.15. The fraction of sp³-hybridized carbons (Fsp3) is 0.143. The quantitative estimate of drug-likeness (QED) is 0.323. The third-order valence-corrected chi connectivity index (χ3v) is 1.22. The highest BCUT2D eigenvalue weighted by Crippen LogP contribution is 2.15. The molecule has 0 aromatic rings. The molecule has 4 nitrogen and oxygen atoms in total. The van der Waals surface area contributed by atoms with Crippen molar-refractivity contribution in [3.63, 3.8) is 0 Å². The Morgan fingerprint density at radius 2 is 2.27 bits per heavy atom. The van der Waals surface area contributed by atoms with Gasteiger partial charge in [-0.05, 0) is 0 Å². The lowest BCUT2D eigenvalue weighted by molar-refractivity contribution is -0.150. The van der Waals surface area contributed by atoms with Crippen molar-refractivity contribution in [3.05, 3.63) is 24.0 Å². The Balaban J connectivity index is 2.88. The van der Waals surface area contributed by atoms with Gasteiger partial charge in [-0.15, -0.1) is 0 Å². The molecule has 0 radical (unpaired) electrons. The predicted octanol–water partition coefficient (Wildman–Crippen LogP) is 0.156. The maximum Gasteiger partial charge on any atom is 0.350 e. The lowest BCUT2D eigenvalue weighted by atomic mass is 10.2. The van der Waals surface area contributed by atoms with Crippen molar-refractivity contribution in [2.45, 2.75) is 0 Å². The van der Waals surface area contributed by atoms with Crippen LogP contribution in [-0.4, -0.2) is 19.0 Å². The number of cyclic esters (lactones) is 2. The molecular formula is C7H6O4. The molecule has 0 aliphatic carbocycles. The Morgan fingerprint density at radius 3 is 2.64 bits per heavy atom. The van der Waals surface area contributed by atoms with Crippen molar-refractivity contribution in [1.82, 2.24) is 0 Å². The Bertz CT molecular complexity index is 262. The van der Waals surface area contributed by atoms with Gasteiger partial charge in [0.15, 0.2) is 0 Å². The highest BCUT2D eigenvalue weighted by molar-refractivity contribution is 6.11. The van der Waals surface area contributed by atoms with Crippen LogP contribution in [0.1, 0.15) is 0 Å². The van der Waals surface area contributed by atoms with Crippen molar-refractivity contribution in [3.8, 4) is 0 Å². The Morgan fingerprint density at radius 1 is 1.64 bits per heavy atom. The van der Waals surface area contributed by atoms with Crippen LogP contribution in [-0.2, 0) is 19.1 Å². The molecule has 0 fully saturated rings. The van der Waals surface area contributed by atoms with E-state index in [1.807, 2.05) is 0 Å². The summed E-state index contributed by atoms with van der Waals surface area (Å²) in [6.07, 6.45) is 1.05. The van der Waals surface area contributed by atoms with Gasteiger partial charge in [-0.25, -0.2) is 9.59 Å². The molecule has 0 aromatic carbocycles. The van der Waals surface area contributed by atoms with E-state index in [9.17, 15) is 9.59 Å². The summed E-state index contributed by atoms with van der Waals surface area (Å²) in [5, 5.41) is 0. The summed E-state index contributed by atoms with van der Waals surface area (Å²) in [5.41, 5.74) is 0.0810. The molecule has 0 spiro atoms. The van der Waals surface area contributed by atoms with Crippen molar-refractivity contribution in [2.24, 2.45) is 0 Å². The molecule has 0 saturated heterocycles. The zero-order valence-electron chi connectivity index (χ0n) is 5.92. The molecule has 0 aromatic heterocycles. The van der Waals surface area contributed by atoms with Gasteiger partial charge in [-0.1, -0.05) is 6.58 Å². The third kappa shape index (κ3) is 1.29. The van der Waals surface area contributed by atoms with Crippen molar-refractivity contribution >= 4 is 11.9 Å². The van der Waals surface area contributed by atoms with Crippen LogP contribution in [0.5, 0.6) is 0 Å². The van der Waals surface area contributed by atoms with Crippen LogP contribution in [0, 0.1) is 0 Å². The Labute approximate surface area is 63.1 Å². The van der Waals surface area contributed by atoms with E-state index in [0.29, 0.717) is 0 Å². The zero-order valence-corrected chi connectivity index (χ0v) is 5.92. The summed E-state index contributed by atoms with van der Waals surface area (Å²) in [7, 11) is 1.36. The summed E-state index contributed by atoms with van der Waals surface area (Å²) in [5.74, 6) is -1.24. The second-order valence-corrected chi connectivity index (χ2v) is 1.89. The summed E-state index contributed by atoms with van der Waals surface area (Å²) in [6.45, 7) is 3.40. The van der Waals surface area contributed by atoms with Crippen LogP contribution in [0.3, 0.4) is 0 Å². The van der Waals surface area contributed by atoms with Gasteiger partial charge in [0.25, 0.3) is 0 Å². The minimum atomic E-state index is -0.707. The van der Waals surface area contributed by atoms with E-state index in [4.69, 9.17) is 0 Å². The Kier molecular flexibility index (Phi) is 1.76. The number of hydrogen-bond donors (Lipinski definition) is 0. The zero-order chi connectivity index (χ0) is 8.43. The van der Waals surface area contributed by atoms with E-state index < -0.39 is 11.9 Å². The Hall–Kier alpha value is -1.58. The molecule has 1 aliphatic heterocycles. The van der Waals surface area contributed by atoms with Gasteiger partial charge in [0.1, 0.15) is 11.3 Å². The average molecular weight is 154 g/mol. The van der Waals surface area contributed by atoms with Gasteiger partial charge in [0, 0.05) is 6.08 Å². The van der Waals surface area contributed by atoms with Gasteiger partial charge in [0.05, 0.1) is 7.11 Å². The maximum atomic E-state index is 10.7. The normalized spacial score (nSPS) is 15.9. The largest absolute Gasteiger partial charge is 0.496 e. The second kappa shape index (κ2) is 2.57. The molecule has 58 valence electrons. The topological polar surface area (TPSA) is 52.6 Å². The molecule has 0 bridgehead atoms. The van der Waals surface area contributed by atoms with E-state index in [1.165, 1.54) is 7.11 Å². The predicted molar refractivity (Wildman–Crippen MR) is 35.3 cm³/mol.